The van der Waals surface area contributed by atoms with E-state index in [2.05, 4.69) is 118 Å². The second-order valence-corrected chi connectivity index (χ2v) is 11.9. The fourth-order valence-electron chi connectivity index (χ4n) is 7.30. The van der Waals surface area contributed by atoms with Gasteiger partial charge in [-0.1, -0.05) is 97.1 Å². The summed E-state index contributed by atoms with van der Waals surface area (Å²) in [6.45, 7) is 0. The maximum atomic E-state index is 9.60. The standard InChI is InChI=1S/C40H25N5O/c41-24-25-10-8-13-27(22-25)39-42-38(26-11-2-1-3-12-26)44-40(45(39)44)28-14-9-15-29(23-28)43-34-18-6-4-16-30(34)32-20-21-33-31-17-5-7-19-35(31)46-37(33)36(32)43/h1-23,38,40H/t38?,40?,44-,45?/m0/s1. The van der Waals surface area contributed by atoms with Crippen LogP contribution in [0.1, 0.15) is 34.6 Å². The fourth-order valence-corrected chi connectivity index (χ4v) is 7.30. The van der Waals surface area contributed by atoms with E-state index >= 15 is 0 Å². The molecule has 2 aromatic heterocycles. The molecule has 4 heterocycles. The van der Waals surface area contributed by atoms with Crippen molar-refractivity contribution in [2.45, 2.75) is 12.3 Å². The van der Waals surface area contributed by atoms with Crippen molar-refractivity contribution in [2.75, 3.05) is 0 Å². The van der Waals surface area contributed by atoms with Crippen LogP contribution in [0.25, 0.3) is 49.4 Å². The van der Waals surface area contributed by atoms with Gasteiger partial charge in [0, 0.05) is 32.8 Å². The van der Waals surface area contributed by atoms with Crippen LogP contribution in [0.5, 0.6) is 0 Å². The van der Waals surface area contributed by atoms with Gasteiger partial charge in [0.1, 0.15) is 23.8 Å². The summed E-state index contributed by atoms with van der Waals surface area (Å²) in [6.07, 6.45) is -0.151. The van der Waals surface area contributed by atoms with E-state index in [-0.39, 0.29) is 12.3 Å². The maximum Gasteiger partial charge on any atom is 0.160 e. The van der Waals surface area contributed by atoms with E-state index in [1.807, 2.05) is 42.5 Å². The molecule has 6 nitrogen and oxygen atoms in total. The first-order valence-electron chi connectivity index (χ1n) is 15.4. The highest BCUT2D eigenvalue weighted by Gasteiger charge is 2.57. The number of fused-ring (bicyclic) bond motifs is 8. The molecular formula is C40H25N5O. The number of hydrogen-bond donors (Lipinski definition) is 0. The summed E-state index contributed by atoms with van der Waals surface area (Å²) in [5.41, 5.74) is 8.93. The number of nitriles is 1. The predicted molar refractivity (Wildman–Crippen MR) is 181 cm³/mol. The van der Waals surface area contributed by atoms with Gasteiger partial charge in [0.05, 0.1) is 22.7 Å². The van der Waals surface area contributed by atoms with Crippen molar-refractivity contribution in [1.29, 1.82) is 5.26 Å². The highest BCUT2D eigenvalue weighted by atomic mass is 16.3. The third-order valence-corrected chi connectivity index (χ3v) is 9.34. The van der Waals surface area contributed by atoms with Gasteiger partial charge in [0.15, 0.2) is 5.58 Å². The molecule has 10 rings (SSSR count). The minimum atomic E-state index is -0.154. The number of furan rings is 1. The molecule has 0 radical (unpaired) electrons. The van der Waals surface area contributed by atoms with Gasteiger partial charge in [-0.25, -0.2) is 4.99 Å². The second kappa shape index (κ2) is 9.42. The molecule has 0 saturated carbocycles. The number of benzene rings is 6. The first-order chi connectivity index (χ1) is 22.8. The van der Waals surface area contributed by atoms with Crippen LogP contribution in [-0.4, -0.2) is 20.4 Å². The quantitative estimate of drug-likeness (QED) is 0.191. The van der Waals surface area contributed by atoms with E-state index in [1.165, 1.54) is 16.3 Å². The molecule has 0 N–H and O–H groups in total. The largest absolute Gasteiger partial charge is 0.454 e. The maximum absolute atomic E-state index is 9.60. The highest BCUT2D eigenvalue weighted by Crippen LogP contribution is 2.54. The molecular weight excluding hydrogens is 566 g/mol. The topological polar surface area (TPSA) is 60.2 Å². The zero-order chi connectivity index (χ0) is 30.4. The summed E-state index contributed by atoms with van der Waals surface area (Å²) in [4.78, 5) is 5.16. The summed E-state index contributed by atoms with van der Waals surface area (Å²) in [6, 6.07) is 50.5. The smallest absolute Gasteiger partial charge is 0.160 e. The third kappa shape index (κ3) is 3.52. The van der Waals surface area contributed by atoms with Gasteiger partial charge in [-0.05, 0) is 53.6 Å². The molecule has 0 bridgehead atoms. The van der Waals surface area contributed by atoms with Crippen molar-refractivity contribution in [1.82, 2.24) is 14.6 Å². The lowest BCUT2D eigenvalue weighted by molar-refractivity contribution is 0.341. The van der Waals surface area contributed by atoms with Gasteiger partial charge >= 0.3 is 0 Å². The number of aromatic nitrogens is 1. The van der Waals surface area contributed by atoms with E-state index in [0.29, 0.717) is 5.56 Å². The molecule has 0 aliphatic carbocycles. The molecule has 0 amide bonds. The Morgan fingerprint density at radius 2 is 1.41 bits per heavy atom. The number of nitrogens with zero attached hydrogens (tertiary/aromatic N) is 5. The van der Waals surface area contributed by atoms with Crippen molar-refractivity contribution in [3.05, 3.63) is 162 Å². The normalized spacial score (nSPS) is 18.7. The Hall–Kier alpha value is -6.16. The minimum absolute atomic E-state index is 0.00251. The molecule has 8 aromatic rings. The summed E-state index contributed by atoms with van der Waals surface area (Å²) in [7, 11) is 0. The molecule has 3 atom stereocenters. The van der Waals surface area contributed by atoms with Crippen LogP contribution < -0.4 is 0 Å². The van der Waals surface area contributed by atoms with Crippen molar-refractivity contribution in [3.8, 4) is 11.8 Å². The molecule has 6 heteroatoms. The lowest BCUT2D eigenvalue weighted by Gasteiger charge is -2.13. The van der Waals surface area contributed by atoms with Gasteiger partial charge in [0.2, 0.25) is 0 Å². The number of rotatable bonds is 4. The van der Waals surface area contributed by atoms with Gasteiger partial charge in [-0.15, -0.1) is 0 Å². The predicted octanol–water partition coefficient (Wildman–Crippen LogP) is 9.25. The Morgan fingerprint density at radius 3 is 2.30 bits per heavy atom. The molecule has 1 fully saturated rings. The van der Waals surface area contributed by atoms with Crippen molar-refractivity contribution >= 4 is 49.6 Å². The zero-order valence-electron chi connectivity index (χ0n) is 24.6. The average molecular weight is 592 g/mol. The van der Waals surface area contributed by atoms with E-state index in [1.54, 1.807) is 0 Å². The van der Waals surface area contributed by atoms with E-state index in [0.717, 1.165) is 55.6 Å². The Morgan fingerprint density at radius 1 is 0.652 bits per heavy atom. The van der Waals surface area contributed by atoms with Crippen LogP contribution >= 0.6 is 0 Å². The summed E-state index contributed by atoms with van der Waals surface area (Å²) < 4.78 is 8.93. The highest BCUT2D eigenvalue weighted by molar-refractivity contribution is 6.21. The SMILES string of the molecule is N#Cc1cccc(C2=NC(c3ccccc3)[N@@]3C(c4cccc(-n5c6ccccc6c6ccc7c8ccccc8oc7c65)c4)N23)c1. The molecule has 0 spiro atoms. The lowest BCUT2D eigenvalue weighted by Crippen LogP contribution is -2.12. The monoisotopic (exact) mass is 591 g/mol. The molecule has 2 aliphatic heterocycles. The van der Waals surface area contributed by atoms with Gasteiger partial charge in [-0.3, -0.25) is 5.01 Å². The van der Waals surface area contributed by atoms with Gasteiger partial charge in [0.25, 0.3) is 0 Å². The molecule has 2 unspecified atom stereocenters. The van der Waals surface area contributed by atoms with Crippen LogP contribution in [0.3, 0.4) is 0 Å². The van der Waals surface area contributed by atoms with Crippen LogP contribution in [0.15, 0.2) is 149 Å². The van der Waals surface area contributed by atoms with Crippen molar-refractivity contribution in [3.63, 3.8) is 0 Å². The van der Waals surface area contributed by atoms with Gasteiger partial charge < -0.3 is 8.98 Å². The summed E-state index contributed by atoms with van der Waals surface area (Å²) in [5.74, 6) is 0.877. The molecule has 6 aromatic carbocycles. The van der Waals surface area contributed by atoms with Crippen LogP contribution in [-0.2, 0) is 0 Å². The minimum Gasteiger partial charge on any atom is -0.454 e. The van der Waals surface area contributed by atoms with E-state index in [9.17, 15) is 5.26 Å². The number of hydrazine groups is 1. The summed E-state index contributed by atoms with van der Waals surface area (Å²) in [5, 5.41) is 18.8. The van der Waals surface area contributed by atoms with E-state index < -0.39 is 0 Å². The molecule has 46 heavy (non-hydrogen) atoms. The lowest BCUT2D eigenvalue weighted by atomic mass is 10.1. The molecule has 216 valence electrons. The number of para-hydroxylation sites is 2. The number of aliphatic imine (C=N–C) groups is 1. The Balaban J connectivity index is 1.15. The number of hydrogen-bond acceptors (Lipinski definition) is 5. The average Bonchev–Trinajstić information content (AvgIpc) is 3.38. The number of amidine groups is 1. The first kappa shape index (κ1) is 25.2. The van der Waals surface area contributed by atoms with Crippen LogP contribution in [0.4, 0.5) is 0 Å². The Bertz CT molecular complexity index is 2590. The molecule has 2 aliphatic rings. The van der Waals surface area contributed by atoms with Gasteiger partial charge in [-0.2, -0.15) is 10.3 Å². The second-order valence-electron chi connectivity index (χ2n) is 11.9. The summed E-state index contributed by atoms with van der Waals surface area (Å²) >= 11 is 0. The Labute approximate surface area is 264 Å². The fraction of sp³-hybridized carbons (Fsp3) is 0.0500. The van der Waals surface area contributed by atoms with Crippen molar-refractivity contribution in [2.24, 2.45) is 4.99 Å². The van der Waals surface area contributed by atoms with Crippen LogP contribution in [0.2, 0.25) is 0 Å². The third-order valence-electron chi connectivity index (χ3n) is 9.34. The van der Waals surface area contributed by atoms with E-state index in [4.69, 9.17) is 9.41 Å². The van der Waals surface area contributed by atoms with Crippen LogP contribution in [0, 0.1) is 11.3 Å². The first-order valence-corrected chi connectivity index (χ1v) is 15.4. The molecule has 1 saturated heterocycles. The van der Waals surface area contributed by atoms with Crippen molar-refractivity contribution < 1.29 is 4.42 Å². The Kier molecular flexibility index (Phi) is 5.16. The zero-order valence-corrected chi connectivity index (χ0v) is 24.6.